The van der Waals surface area contributed by atoms with Gasteiger partial charge in [-0.25, -0.2) is 16.8 Å². The third kappa shape index (κ3) is 5.98. The average Bonchev–Trinajstić information content (AvgIpc) is 3.13. The maximum Gasteiger partial charge on any atom is 0.240 e. The minimum absolute atomic E-state index is 0.0147. The van der Waals surface area contributed by atoms with E-state index in [9.17, 15) is 16.8 Å². The molecule has 0 unspecified atom stereocenters. The van der Waals surface area contributed by atoms with E-state index in [0.29, 0.717) is 10.8 Å². The van der Waals surface area contributed by atoms with Crippen molar-refractivity contribution in [2.75, 3.05) is 0 Å². The van der Waals surface area contributed by atoms with Crippen LogP contribution in [0.25, 0.3) is 12.2 Å². The van der Waals surface area contributed by atoms with Crippen molar-refractivity contribution in [1.29, 1.82) is 0 Å². The first-order valence-corrected chi connectivity index (χ1v) is 12.2. The highest BCUT2D eigenvalue weighted by atomic mass is 32.2. The zero-order chi connectivity index (χ0) is 21.8. The van der Waals surface area contributed by atoms with Crippen molar-refractivity contribution >= 4 is 31.8 Å². The first-order chi connectivity index (χ1) is 14.1. The lowest BCUT2D eigenvalue weighted by Crippen LogP contribution is -2.03. The lowest BCUT2D eigenvalue weighted by molar-refractivity contribution is 0.499. The molecule has 0 radical (unpaired) electrons. The van der Waals surface area contributed by atoms with Gasteiger partial charge in [0.25, 0.3) is 0 Å². The van der Waals surface area contributed by atoms with Crippen LogP contribution in [0.4, 0.5) is 0 Å². The van der Waals surface area contributed by atoms with Crippen molar-refractivity contribution in [3.05, 3.63) is 87.8 Å². The predicted octanol–water partition coefficient (Wildman–Crippen LogP) is 3.72. The second-order valence-corrected chi connectivity index (χ2v) is 10.4. The molecule has 156 valence electrons. The Kier molecular flexibility index (Phi) is 6.33. The Balaban J connectivity index is 1.69. The minimum atomic E-state index is -3.92. The fourth-order valence-corrected chi connectivity index (χ4v) is 4.91. The molecule has 0 N–H and O–H groups in total. The van der Waals surface area contributed by atoms with Crippen LogP contribution in [0.3, 0.4) is 0 Å². The van der Waals surface area contributed by atoms with Crippen molar-refractivity contribution in [3.63, 3.8) is 0 Å². The molecule has 7 nitrogen and oxygen atoms in total. The van der Waals surface area contributed by atoms with Crippen LogP contribution in [0.15, 0.2) is 68.7 Å². The van der Waals surface area contributed by atoms with Gasteiger partial charge in [0.1, 0.15) is 5.75 Å². The highest BCUT2D eigenvalue weighted by Crippen LogP contribution is 2.15. The third-order valence-electron chi connectivity index (χ3n) is 4.09. The number of sulfone groups is 2. The monoisotopic (exact) mass is 444 g/mol. The van der Waals surface area contributed by atoms with Gasteiger partial charge in [0.2, 0.25) is 21.6 Å². The highest BCUT2D eigenvalue weighted by Gasteiger charge is 2.17. The molecule has 0 aliphatic carbocycles. The third-order valence-corrected chi connectivity index (χ3v) is 6.89. The summed E-state index contributed by atoms with van der Waals surface area (Å²) < 4.78 is 54.4. The molecule has 3 rings (SSSR count). The molecule has 0 aliphatic heterocycles. The van der Waals surface area contributed by atoms with E-state index in [0.717, 1.165) is 16.7 Å². The topological polar surface area (TPSA) is 107 Å². The molecule has 0 bridgehead atoms. The van der Waals surface area contributed by atoms with Crippen LogP contribution < -0.4 is 0 Å². The van der Waals surface area contributed by atoms with E-state index in [1.807, 2.05) is 38.1 Å². The van der Waals surface area contributed by atoms with Crippen LogP contribution in [0.2, 0.25) is 0 Å². The molecule has 1 aromatic heterocycles. The summed E-state index contributed by atoms with van der Waals surface area (Å²) in [5.41, 5.74) is 2.96. The van der Waals surface area contributed by atoms with E-state index in [1.165, 1.54) is 12.1 Å². The lowest BCUT2D eigenvalue weighted by atomic mass is 10.1. The maximum atomic E-state index is 12.3. The summed E-state index contributed by atoms with van der Waals surface area (Å²) in [6.07, 6.45) is 3.34. The fourth-order valence-electron chi connectivity index (χ4n) is 2.42. The van der Waals surface area contributed by atoms with Gasteiger partial charge in [0.05, 0.1) is 4.90 Å². The van der Waals surface area contributed by atoms with E-state index < -0.39 is 25.4 Å². The zero-order valence-electron chi connectivity index (χ0n) is 16.4. The SMILES string of the molecule is Cc1ccc(C=Cc2nnc(CS(=O)(=O)C=CS(=O)(=O)c3ccc(C)cc3)o2)cc1. The van der Waals surface area contributed by atoms with Gasteiger partial charge in [0.15, 0.2) is 9.84 Å². The van der Waals surface area contributed by atoms with E-state index in [-0.39, 0.29) is 16.7 Å². The quantitative estimate of drug-likeness (QED) is 0.546. The average molecular weight is 445 g/mol. The molecule has 0 atom stereocenters. The van der Waals surface area contributed by atoms with Gasteiger partial charge in [-0.3, -0.25) is 0 Å². The molecule has 0 aliphatic rings. The second-order valence-electron chi connectivity index (χ2n) is 6.72. The molecule has 9 heteroatoms. The van der Waals surface area contributed by atoms with Crippen molar-refractivity contribution < 1.29 is 21.3 Å². The summed E-state index contributed by atoms with van der Waals surface area (Å²) in [5, 5.41) is 8.81. The molecular formula is C21H20N2O5S2. The normalized spacial score (nSPS) is 12.7. The second kappa shape index (κ2) is 8.76. The van der Waals surface area contributed by atoms with Gasteiger partial charge in [0, 0.05) is 16.9 Å². The standard InChI is InChI=1S/C21H20N2O5S2/c1-16-3-7-18(8-4-16)9-12-20-22-23-21(28-20)15-29(24,25)13-14-30(26,27)19-10-5-17(2)6-11-19/h3-14H,15H2,1-2H3. The van der Waals surface area contributed by atoms with Crippen LogP contribution in [0.1, 0.15) is 28.5 Å². The Bertz CT molecular complexity index is 1290. The van der Waals surface area contributed by atoms with Crippen molar-refractivity contribution in [2.24, 2.45) is 0 Å². The number of aryl methyl sites for hydroxylation is 2. The number of rotatable bonds is 7. The Labute approximate surface area is 175 Å². The van der Waals surface area contributed by atoms with Gasteiger partial charge in [-0.2, -0.15) is 0 Å². The van der Waals surface area contributed by atoms with Crippen LogP contribution in [-0.2, 0) is 25.4 Å². The number of hydrogen-bond acceptors (Lipinski definition) is 7. The molecule has 0 fully saturated rings. The molecule has 0 spiro atoms. The van der Waals surface area contributed by atoms with Crippen LogP contribution >= 0.6 is 0 Å². The summed E-state index contributed by atoms with van der Waals surface area (Å²) in [4.78, 5) is 0.0147. The Morgan fingerprint density at radius 2 is 1.40 bits per heavy atom. The van der Waals surface area contributed by atoms with E-state index in [2.05, 4.69) is 10.2 Å². The Morgan fingerprint density at radius 1 is 0.800 bits per heavy atom. The van der Waals surface area contributed by atoms with Gasteiger partial charge in [-0.1, -0.05) is 47.5 Å². The van der Waals surface area contributed by atoms with Gasteiger partial charge >= 0.3 is 0 Å². The van der Waals surface area contributed by atoms with E-state index in [1.54, 1.807) is 24.3 Å². The molecule has 0 saturated heterocycles. The smallest absolute Gasteiger partial charge is 0.240 e. The lowest BCUT2D eigenvalue weighted by Gasteiger charge is -2.00. The molecule has 0 amide bonds. The first kappa shape index (κ1) is 21.7. The summed E-state index contributed by atoms with van der Waals surface area (Å²) in [6.45, 7) is 3.81. The summed E-state index contributed by atoms with van der Waals surface area (Å²) >= 11 is 0. The highest BCUT2D eigenvalue weighted by molar-refractivity contribution is 7.97. The molecule has 3 aromatic rings. The van der Waals surface area contributed by atoms with Crippen LogP contribution in [0.5, 0.6) is 0 Å². The van der Waals surface area contributed by atoms with Gasteiger partial charge in [-0.15, -0.1) is 10.2 Å². The Hall–Kier alpha value is -3.04. The van der Waals surface area contributed by atoms with Gasteiger partial charge in [-0.05, 0) is 37.6 Å². The summed E-state index contributed by atoms with van der Waals surface area (Å²) in [6, 6.07) is 13.9. The first-order valence-electron chi connectivity index (χ1n) is 8.93. The van der Waals surface area contributed by atoms with Crippen molar-refractivity contribution in [3.8, 4) is 0 Å². The fraction of sp³-hybridized carbons (Fsp3) is 0.143. The van der Waals surface area contributed by atoms with Gasteiger partial charge < -0.3 is 4.42 Å². The van der Waals surface area contributed by atoms with E-state index >= 15 is 0 Å². The molecular weight excluding hydrogens is 424 g/mol. The predicted molar refractivity (Wildman–Crippen MR) is 115 cm³/mol. The summed E-state index contributed by atoms with van der Waals surface area (Å²) in [7, 11) is -7.80. The minimum Gasteiger partial charge on any atom is -0.420 e. The number of nitrogens with zero attached hydrogens (tertiary/aromatic N) is 2. The van der Waals surface area contributed by atoms with Crippen LogP contribution in [-0.4, -0.2) is 27.0 Å². The van der Waals surface area contributed by atoms with Crippen molar-refractivity contribution in [2.45, 2.75) is 24.5 Å². The molecule has 0 saturated carbocycles. The maximum absolute atomic E-state index is 12.3. The summed E-state index contributed by atoms with van der Waals surface area (Å²) in [5.74, 6) is -0.578. The number of aromatic nitrogens is 2. The number of hydrogen-bond donors (Lipinski definition) is 0. The molecule has 1 heterocycles. The number of benzene rings is 2. The van der Waals surface area contributed by atoms with Crippen molar-refractivity contribution in [1.82, 2.24) is 10.2 Å². The zero-order valence-corrected chi connectivity index (χ0v) is 18.0. The Morgan fingerprint density at radius 3 is 2.03 bits per heavy atom. The van der Waals surface area contributed by atoms with Crippen LogP contribution in [0, 0.1) is 13.8 Å². The molecule has 30 heavy (non-hydrogen) atoms. The molecule has 2 aromatic carbocycles. The van der Waals surface area contributed by atoms with E-state index in [4.69, 9.17) is 4.42 Å². The largest absolute Gasteiger partial charge is 0.420 e.